The van der Waals surface area contributed by atoms with Crippen molar-refractivity contribution in [1.82, 2.24) is 5.32 Å². The van der Waals surface area contributed by atoms with E-state index < -0.39 is 0 Å². The smallest absolute Gasteiger partial charge is 0.251 e. The lowest BCUT2D eigenvalue weighted by Crippen LogP contribution is -2.22. The Hall–Kier alpha value is -2.01. The molecule has 0 unspecified atom stereocenters. The third-order valence-corrected chi connectivity index (χ3v) is 3.52. The van der Waals surface area contributed by atoms with E-state index in [2.05, 4.69) is 21.2 Å². The van der Waals surface area contributed by atoms with Crippen molar-refractivity contribution in [3.8, 4) is 11.5 Å². The van der Waals surface area contributed by atoms with Crippen molar-refractivity contribution in [2.45, 2.75) is 11.9 Å². The molecule has 0 atom stereocenters. The molecule has 0 fully saturated rings. The lowest BCUT2D eigenvalue weighted by molar-refractivity contribution is 0.0950. The largest absolute Gasteiger partial charge is 0.504 e. The summed E-state index contributed by atoms with van der Waals surface area (Å²) in [4.78, 5) is 11.9. The highest BCUT2D eigenvalue weighted by Gasteiger charge is 2.08. The van der Waals surface area contributed by atoms with Gasteiger partial charge in [0.15, 0.2) is 11.5 Å². The number of benzene rings is 2. The fourth-order valence-corrected chi connectivity index (χ4v) is 2.07. The van der Waals surface area contributed by atoms with Crippen LogP contribution in [0.2, 0.25) is 0 Å². The lowest BCUT2D eigenvalue weighted by Gasteiger charge is -2.07. The first-order valence-corrected chi connectivity index (χ1v) is 7.16. The van der Waals surface area contributed by atoms with Crippen molar-refractivity contribution in [2.75, 3.05) is 0 Å². The molecule has 2 rings (SSSR count). The molecule has 0 aliphatic carbocycles. The molecular formula is C15H14BrNO3. The van der Waals surface area contributed by atoms with Crippen molar-refractivity contribution in [3.05, 3.63) is 59.2 Å². The minimum atomic E-state index is -0.306. The number of nitrogens with one attached hydrogen (secondary N) is 1. The van der Waals surface area contributed by atoms with Crippen LogP contribution in [0.3, 0.4) is 0 Å². The van der Waals surface area contributed by atoms with Gasteiger partial charge in [0.1, 0.15) is 0 Å². The molecule has 0 spiro atoms. The highest BCUT2D eigenvalue weighted by Crippen LogP contribution is 2.24. The van der Waals surface area contributed by atoms with Gasteiger partial charge in [0, 0.05) is 17.4 Å². The molecule has 104 valence electrons. The first-order valence-electron chi connectivity index (χ1n) is 6.04. The molecule has 0 saturated heterocycles. The summed E-state index contributed by atoms with van der Waals surface area (Å²) in [5.41, 5.74) is 2.46. The molecule has 4 nitrogen and oxygen atoms in total. The van der Waals surface area contributed by atoms with Crippen LogP contribution in [0, 0.1) is 0 Å². The average molecular weight is 336 g/mol. The summed E-state index contributed by atoms with van der Waals surface area (Å²) in [5, 5.41) is 22.1. The van der Waals surface area contributed by atoms with Crippen LogP contribution < -0.4 is 5.32 Å². The van der Waals surface area contributed by atoms with Gasteiger partial charge in [-0.25, -0.2) is 0 Å². The van der Waals surface area contributed by atoms with E-state index in [1.54, 1.807) is 0 Å². The van der Waals surface area contributed by atoms with E-state index in [1.807, 2.05) is 24.3 Å². The maximum atomic E-state index is 11.9. The SMILES string of the molecule is O=C(NCc1ccc(CBr)cc1)c1ccc(O)c(O)c1. The highest BCUT2D eigenvalue weighted by atomic mass is 79.9. The van der Waals surface area contributed by atoms with Crippen LogP contribution in [-0.4, -0.2) is 16.1 Å². The predicted octanol–water partition coefficient (Wildman–Crippen LogP) is 2.92. The van der Waals surface area contributed by atoms with Crippen molar-refractivity contribution in [2.24, 2.45) is 0 Å². The molecule has 1 amide bonds. The Kier molecular flexibility index (Phi) is 4.63. The van der Waals surface area contributed by atoms with E-state index in [9.17, 15) is 15.0 Å². The molecule has 2 aromatic rings. The van der Waals surface area contributed by atoms with E-state index in [1.165, 1.54) is 23.8 Å². The van der Waals surface area contributed by atoms with Gasteiger partial charge < -0.3 is 15.5 Å². The molecule has 0 aliphatic rings. The molecule has 0 aromatic heterocycles. The first kappa shape index (κ1) is 14.4. The molecule has 2 aromatic carbocycles. The topological polar surface area (TPSA) is 69.6 Å². The van der Waals surface area contributed by atoms with E-state index in [4.69, 9.17) is 0 Å². The number of hydrogen-bond donors (Lipinski definition) is 3. The van der Waals surface area contributed by atoms with Crippen LogP contribution in [0.4, 0.5) is 0 Å². The van der Waals surface area contributed by atoms with Crippen LogP contribution >= 0.6 is 15.9 Å². The Balaban J connectivity index is 1.98. The van der Waals surface area contributed by atoms with E-state index in [0.29, 0.717) is 12.1 Å². The molecule has 0 saturated carbocycles. The third-order valence-electron chi connectivity index (χ3n) is 2.87. The summed E-state index contributed by atoms with van der Waals surface area (Å²) < 4.78 is 0. The maximum Gasteiger partial charge on any atom is 0.251 e. The number of phenolic OH excluding ortho intramolecular Hbond substituents is 2. The molecule has 3 N–H and O–H groups in total. The summed E-state index contributed by atoms with van der Waals surface area (Å²) in [6, 6.07) is 11.9. The van der Waals surface area contributed by atoms with Crippen LogP contribution in [0.1, 0.15) is 21.5 Å². The molecule has 0 bridgehead atoms. The molecule has 5 heteroatoms. The first-order chi connectivity index (χ1) is 9.60. The van der Waals surface area contributed by atoms with E-state index in [0.717, 1.165) is 10.9 Å². The normalized spacial score (nSPS) is 10.2. The van der Waals surface area contributed by atoms with Crippen molar-refractivity contribution >= 4 is 21.8 Å². The van der Waals surface area contributed by atoms with Crippen LogP contribution in [0.15, 0.2) is 42.5 Å². The summed E-state index contributed by atoms with van der Waals surface area (Å²) in [6.07, 6.45) is 0. The third kappa shape index (κ3) is 3.51. The Labute approximate surface area is 125 Å². The maximum absolute atomic E-state index is 11.9. The van der Waals surface area contributed by atoms with E-state index >= 15 is 0 Å². The van der Waals surface area contributed by atoms with Crippen LogP contribution in [0.5, 0.6) is 11.5 Å². The number of phenols is 2. The number of hydrogen-bond acceptors (Lipinski definition) is 3. The number of amides is 1. The average Bonchev–Trinajstić information content (AvgIpc) is 2.48. The zero-order valence-corrected chi connectivity index (χ0v) is 12.2. The summed E-state index contributed by atoms with van der Waals surface area (Å²) in [6.45, 7) is 0.406. The molecule has 0 radical (unpaired) electrons. The monoisotopic (exact) mass is 335 g/mol. The van der Waals surface area contributed by atoms with Gasteiger partial charge in [0.25, 0.3) is 5.91 Å². The fourth-order valence-electron chi connectivity index (χ4n) is 1.70. The molecule has 0 aliphatic heterocycles. The Morgan fingerprint density at radius 1 is 1.00 bits per heavy atom. The fraction of sp³-hybridized carbons (Fsp3) is 0.133. The zero-order chi connectivity index (χ0) is 14.5. The highest BCUT2D eigenvalue weighted by molar-refractivity contribution is 9.08. The second kappa shape index (κ2) is 6.43. The molecule has 20 heavy (non-hydrogen) atoms. The standard InChI is InChI=1S/C15H14BrNO3/c16-8-10-1-3-11(4-2-10)9-17-15(20)12-5-6-13(18)14(19)7-12/h1-7,18-19H,8-9H2,(H,17,20). The number of carbonyl (C=O) groups excluding carboxylic acids is 1. The second-order valence-corrected chi connectivity index (χ2v) is 4.90. The van der Waals surface area contributed by atoms with Gasteiger partial charge in [-0.3, -0.25) is 4.79 Å². The quantitative estimate of drug-likeness (QED) is 0.594. The van der Waals surface area contributed by atoms with E-state index in [-0.39, 0.29) is 17.4 Å². The van der Waals surface area contributed by atoms with Gasteiger partial charge in [-0.15, -0.1) is 0 Å². The van der Waals surface area contributed by atoms with Crippen molar-refractivity contribution in [1.29, 1.82) is 0 Å². The molecule has 0 heterocycles. The van der Waals surface area contributed by atoms with Gasteiger partial charge in [-0.2, -0.15) is 0 Å². The lowest BCUT2D eigenvalue weighted by atomic mass is 10.1. The van der Waals surface area contributed by atoms with Crippen LogP contribution in [-0.2, 0) is 11.9 Å². The minimum absolute atomic E-state index is 0.244. The number of carbonyl (C=O) groups is 1. The summed E-state index contributed by atoms with van der Waals surface area (Å²) >= 11 is 3.37. The minimum Gasteiger partial charge on any atom is -0.504 e. The molecular weight excluding hydrogens is 322 g/mol. The van der Waals surface area contributed by atoms with Gasteiger partial charge >= 0.3 is 0 Å². The van der Waals surface area contributed by atoms with Gasteiger partial charge in [0.2, 0.25) is 0 Å². The van der Waals surface area contributed by atoms with Crippen molar-refractivity contribution in [3.63, 3.8) is 0 Å². The Bertz CT molecular complexity index is 611. The van der Waals surface area contributed by atoms with Gasteiger partial charge in [0.05, 0.1) is 0 Å². The van der Waals surface area contributed by atoms with Gasteiger partial charge in [-0.05, 0) is 29.3 Å². The van der Waals surface area contributed by atoms with Crippen LogP contribution in [0.25, 0.3) is 0 Å². The van der Waals surface area contributed by atoms with Crippen molar-refractivity contribution < 1.29 is 15.0 Å². The number of rotatable bonds is 4. The Morgan fingerprint density at radius 2 is 1.65 bits per heavy atom. The summed E-state index contributed by atoms with van der Waals surface area (Å²) in [7, 11) is 0. The number of aromatic hydroxyl groups is 2. The van der Waals surface area contributed by atoms with Gasteiger partial charge in [-0.1, -0.05) is 40.2 Å². The number of halogens is 1. The Morgan fingerprint density at radius 3 is 2.25 bits per heavy atom. The predicted molar refractivity (Wildman–Crippen MR) is 80.0 cm³/mol. The summed E-state index contributed by atoms with van der Waals surface area (Å²) in [5.74, 6) is -0.851. The second-order valence-electron chi connectivity index (χ2n) is 4.34. The number of alkyl halides is 1. The zero-order valence-electron chi connectivity index (χ0n) is 10.6.